The highest BCUT2D eigenvalue weighted by atomic mass is 35.5. The molecule has 0 fully saturated rings. The molecule has 0 aromatic carbocycles. The van der Waals surface area contributed by atoms with Crippen LogP contribution in [0.2, 0.25) is 0 Å². The molecular weight excluding hydrogens is 276 g/mol. The van der Waals surface area contributed by atoms with Gasteiger partial charge in [-0.05, 0) is 20.8 Å². The summed E-state index contributed by atoms with van der Waals surface area (Å²) in [5.41, 5.74) is 2.75. The summed E-state index contributed by atoms with van der Waals surface area (Å²) in [5.74, 6) is 1.61. The van der Waals surface area contributed by atoms with Gasteiger partial charge in [-0.3, -0.25) is 9.25 Å². The van der Waals surface area contributed by atoms with Gasteiger partial charge in [-0.25, -0.2) is 9.67 Å². The predicted molar refractivity (Wildman–Crippen MR) is 78.3 cm³/mol. The molecule has 0 bridgehead atoms. The third-order valence-corrected chi connectivity index (χ3v) is 3.52. The molecule has 0 aliphatic carbocycles. The van der Waals surface area contributed by atoms with Crippen LogP contribution in [-0.4, -0.2) is 29.1 Å². The second-order valence-electron chi connectivity index (χ2n) is 4.84. The zero-order chi connectivity index (χ0) is 14.4. The molecule has 0 saturated heterocycles. The summed E-state index contributed by atoms with van der Waals surface area (Å²) in [6.45, 7) is 6.72. The molecule has 3 heterocycles. The highest BCUT2D eigenvalue weighted by Gasteiger charge is 2.22. The lowest BCUT2D eigenvalue weighted by Crippen LogP contribution is -2.08. The molecule has 3 aromatic heterocycles. The molecule has 20 heavy (non-hydrogen) atoms. The summed E-state index contributed by atoms with van der Waals surface area (Å²) >= 11 is 6.29. The van der Waals surface area contributed by atoms with E-state index in [1.807, 2.05) is 42.4 Å². The average molecular weight is 293 g/mol. The van der Waals surface area contributed by atoms with E-state index in [1.165, 1.54) is 0 Å². The van der Waals surface area contributed by atoms with Crippen molar-refractivity contribution in [3.63, 3.8) is 0 Å². The normalized spacial score (nSPS) is 13.2. The standard InChI is InChI=1S/C13H17ClN6/c1-5-19-13-11(9(3)16-19)15-12(8(2)14)20(13)10-6-7-18(4)17-10/h6-8H,5H2,1-4H3. The Kier molecular flexibility index (Phi) is 3.05. The maximum absolute atomic E-state index is 6.29. The number of rotatable bonds is 3. The molecule has 0 aliphatic rings. The minimum atomic E-state index is -0.200. The molecule has 1 atom stereocenters. The molecule has 0 spiro atoms. The first-order valence-corrected chi connectivity index (χ1v) is 7.06. The van der Waals surface area contributed by atoms with Gasteiger partial charge in [-0.15, -0.1) is 11.6 Å². The van der Waals surface area contributed by atoms with E-state index in [4.69, 9.17) is 11.6 Å². The fourth-order valence-electron chi connectivity index (χ4n) is 2.42. The van der Waals surface area contributed by atoms with Gasteiger partial charge in [0.1, 0.15) is 11.3 Å². The monoisotopic (exact) mass is 292 g/mol. The maximum Gasteiger partial charge on any atom is 0.164 e. The van der Waals surface area contributed by atoms with E-state index < -0.39 is 0 Å². The number of aromatic nitrogens is 6. The molecular formula is C13H17ClN6. The minimum absolute atomic E-state index is 0.200. The zero-order valence-electron chi connectivity index (χ0n) is 12.0. The third-order valence-electron chi connectivity index (χ3n) is 3.32. The maximum atomic E-state index is 6.29. The second kappa shape index (κ2) is 4.63. The van der Waals surface area contributed by atoms with E-state index in [2.05, 4.69) is 22.1 Å². The number of aryl methyl sites for hydroxylation is 3. The predicted octanol–water partition coefficient (Wildman–Crippen LogP) is 2.58. The number of hydrogen-bond donors (Lipinski definition) is 0. The van der Waals surface area contributed by atoms with Crippen LogP contribution in [0.3, 0.4) is 0 Å². The van der Waals surface area contributed by atoms with Crippen molar-refractivity contribution in [3.05, 3.63) is 23.8 Å². The quantitative estimate of drug-likeness (QED) is 0.697. The Balaban J connectivity index is 2.39. The number of imidazole rings is 1. The summed E-state index contributed by atoms with van der Waals surface area (Å²) in [5, 5.41) is 8.79. The Hall–Kier alpha value is -1.82. The molecule has 0 radical (unpaired) electrons. The SMILES string of the molecule is CCn1nc(C)c2nc(C(C)Cl)n(-c3ccn(C)n3)c21. The first kappa shape index (κ1) is 13.2. The van der Waals surface area contributed by atoms with E-state index in [0.717, 1.165) is 35.0 Å². The van der Waals surface area contributed by atoms with Crippen molar-refractivity contribution in [1.29, 1.82) is 0 Å². The fourth-order valence-corrected chi connectivity index (χ4v) is 2.57. The Labute approximate surface area is 122 Å². The van der Waals surface area contributed by atoms with Crippen molar-refractivity contribution in [2.75, 3.05) is 0 Å². The fraction of sp³-hybridized carbons (Fsp3) is 0.462. The van der Waals surface area contributed by atoms with E-state index in [1.54, 1.807) is 4.68 Å². The molecule has 1 unspecified atom stereocenters. The van der Waals surface area contributed by atoms with Crippen LogP contribution in [0.15, 0.2) is 12.3 Å². The number of halogens is 1. The van der Waals surface area contributed by atoms with Crippen LogP contribution in [0.5, 0.6) is 0 Å². The van der Waals surface area contributed by atoms with Crippen LogP contribution >= 0.6 is 11.6 Å². The molecule has 106 valence electrons. The Morgan fingerprint density at radius 1 is 1.35 bits per heavy atom. The molecule has 3 aromatic rings. The van der Waals surface area contributed by atoms with Gasteiger partial charge >= 0.3 is 0 Å². The van der Waals surface area contributed by atoms with E-state index >= 15 is 0 Å². The van der Waals surface area contributed by atoms with Gasteiger partial charge in [-0.1, -0.05) is 0 Å². The van der Waals surface area contributed by atoms with Crippen molar-refractivity contribution >= 4 is 22.8 Å². The van der Waals surface area contributed by atoms with E-state index in [9.17, 15) is 0 Å². The van der Waals surface area contributed by atoms with Gasteiger partial charge in [-0.2, -0.15) is 10.2 Å². The molecule has 0 aliphatic heterocycles. The lowest BCUT2D eigenvalue weighted by Gasteiger charge is -2.08. The van der Waals surface area contributed by atoms with E-state index in [-0.39, 0.29) is 5.38 Å². The van der Waals surface area contributed by atoms with Crippen LogP contribution < -0.4 is 0 Å². The summed E-state index contributed by atoms with van der Waals surface area (Å²) in [6, 6.07) is 1.95. The lowest BCUT2D eigenvalue weighted by molar-refractivity contribution is 0.653. The van der Waals surface area contributed by atoms with Crippen molar-refractivity contribution in [1.82, 2.24) is 29.1 Å². The minimum Gasteiger partial charge on any atom is -0.274 e. The smallest absolute Gasteiger partial charge is 0.164 e. The topological polar surface area (TPSA) is 53.5 Å². The highest BCUT2D eigenvalue weighted by molar-refractivity contribution is 6.20. The number of nitrogens with zero attached hydrogens (tertiary/aromatic N) is 6. The van der Waals surface area contributed by atoms with Crippen LogP contribution in [-0.2, 0) is 13.6 Å². The second-order valence-corrected chi connectivity index (χ2v) is 5.50. The first-order valence-electron chi connectivity index (χ1n) is 6.62. The Morgan fingerprint density at radius 2 is 2.10 bits per heavy atom. The van der Waals surface area contributed by atoms with Gasteiger partial charge < -0.3 is 0 Å². The van der Waals surface area contributed by atoms with Crippen molar-refractivity contribution < 1.29 is 0 Å². The molecule has 7 heteroatoms. The van der Waals surface area contributed by atoms with Gasteiger partial charge in [0.2, 0.25) is 0 Å². The lowest BCUT2D eigenvalue weighted by atomic mass is 10.4. The third kappa shape index (κ3) is 1.83. The summed E-state index contributed by atoms with van der Waals surface area (Å²) in [7, 11) is 1.89. The van der Waals surface area contributed by atoms with Crippen LogP contribution in [0.25, 0.3) is 17.0 Å². The average Bonchev–Trinajstić information content (AvgIpc) is 3.04. The molecule has 0 N–H and O–H groups in total. The van der Waals surface area contributed by atoms with Gasteiger partial charge in [0.05, 0.1) is 11.1 Å². The van der Waals surface area contributed by atoms with E-state index in [0.29, 0.717) is 0 Å². The van der Waals surface area contributed by atoms with Gasteiger partial charge in [0.15, 0.2) is 11.5 Å². The number of hydrogen-bond acceptors (Lipinski definition) is 3. The zero-order valence-corrected chi connectivity index (χ0v) is 12.8. The molecule has 6 nitrogen and oxygen atoms in total. The highest BCUT2D eigenvalue weighted by Crippen LogP contribution is 2.28. The largest absolute Gasteiger partial charge is 0.274 e. The molecule has 0 saturated carbocycles. The van der Waals surface area contributed by atoms with Crippen LogP contribution in [0.4, 0.5) is 0 Å². The summed E-state index contributed by atoms with van der Waals surface area (Å²) in [6.07, 6.45) is 1.91. The molecule has 0 amide bonds. The number of fused-ring (bicyclic) bond motifs is 1. The van der Waals surface area contributed by atoms with Gasteiger partial charge in [0.25, 0.3) is 0 Å². The summed E-state index contributed by atoms with van der Waals surface area (Å²) in [4.78, 5) is 4.66. The van der Waals surface area contributed by atoms with Crippen LogP contribution in [0, 0.1) is 6.92 Å². The molecule has 3 rings (SSSR count). The first-order chi connectivity index (χ1) is 9.52. The van der Waals surface area contributed by atoms with Crippen molar-refractivity contribution in [2.45, 2.75) is 32.7 Å². The summed E-state index contributed by atoms with van der Waals surface area (Å²) < 4.78 is 5.70. The Morgan fingerprint density at radius 3 is 2.65 bits per heavy atom. The van der Waals surface area contributed by atoms with Crippen molar-refractivity contribution in [3.8, 4) is 5.82 Å². The van der Waals surface area contributed by atoms with Gasteiger partial charge in [0, 0.05) is 25.9 Å². The van der Waals surface area contributed by atoms with Crippen molar-refractivity contribution in [2.24, 2.45) is 7.05 Å². The number of alkyl halides is 1. The van der Waals surface area contributed by atoms with Crippen LogP contribution in [0.1, 0.15) is 30.7 Å². The Bertz CT molecular complexity index is 763.